The second-order valence-electron chi connectivity index (χ2n) is 5.23. The number of ether oxygens (including phenoxy) is 1. The fraction of sp³-hybridized carbons (Fsp3) is 0.188. The van der Waals surface area contributed by atoms with E-state index in [0.29, 0.717) is 28.4 Å². The highest BCUT2D eigenvalue weighted by molar-refractivity contribution is 5.60. The molecule has 0 saturated heterocycles. The summed E-state index contributed by atoms with van der Waals surface area (Å²) in [7, 11) is 3.18. The zero-order valence-corrected chi connectivity index (χ0v) is 13.1. The maximum absolute atomic E-state index is 14.1. The highest BCUT2D eigenvalue weighted by Gasteiger charge is 2.15. The van der Waals surface area contributed by atoms with Gasteiger partial charge in [0.1, 0.15) is 23.1 Å². The molecule has 124 valence electrons. The minimum Gasteiger partial charge on any atom is -0.494 e. The number of halogens is 2. The number of rotatable bonds is 5. The maximum atomic E-state index is 14.1. The molecular formula is C16H15F2N5O. The van der Waals surface area contributed by atoms with E-state index in [1.807, 2.05) is 0 Å². The van der Waals surface area contributed by atoms with Gasteiger partial charge in [-0.3, -0.25) is 0 Å². The SMILES string of the molecule is COc1cccc(F)c1N(C)Cc1cc(F)cc(-c2nn[nH]n2)c1. The number of aromatic nitrogens is 4. The van der Waals surface area contributed by atoms with E-state index in [-0.39, 0.29) is 6.54 Å². The zero-order valence-electron chi connectivity index (χ0n) is 13.1. The number of tetrazole rings is 1. The Morgan fingerprint density at radius 3 is 2.75 bits per heavy atom. The van der Waals surface area contributed by atoms with E-state index >= 15 is 0 Å². The monoisotopic (exact) mass is 331 g/mol. The van der Waals surface area contributed by atoms with Crippen LogP contribution in [0.1, 0.15) is 5.56 Å². The highest BCUT2D eigenvalue weighted by Crippen LogP contribution is 2.31. The van der Waals surface area contributed by atoms with Gasteiger partial charge in [0.2, 0.25) is 5.82 Å². The van der Waals surface area contributed by atoms with Crippen molar-refractivity contribution in [1.29, 1.82) is 0 Å². The largest absolute Gasteiger partial charge is 0.494 e. The molecule has 0 fully saturated rings. The van der Waals surface area contributed by atoms with Gasteiger partial charge in [-0.05, 0) is 41.1 Å². The Bertz CT molecular complexity index is 838. The number of nitrogens with one attached hydrogen (secondary N) is 1. The van der Waals surface area contributed by atoms with Crippen LogP contribution in [0.15, 0.2) is 36.4 Å². The topological polar surface area (TPSA) is 66.9 Å². The van der Waals surface area contributed by atoms with Crippen LogP contribution in [0.4, 0.5) is 14.5 Å². The van der Waals surface area contributed by atoms with Gasteiger partial charge in [0.05, 0.1) is 7.11 Å². The molecule has 6 nitrogen and oxygen atoms in total. The Morgan fingerprint density at radius 1 is 1.21 bits per heavy atom. The first-order valence-electron chi connectivity index (χ1n) is 7.15. The Morgan fingerprint density at radius 2 is 2.04 bits per heavy atom. The fourth-order valence-electron chi connectivity index (χ4n) is 2.54. The van der Waals surface area contributed by atoms with Gasteiger partial charge in [0.15, 0.2) is 0 Å². The predicted molar refractivity (Wildman–Crippen MR) is 84.6 cm³/mol. The number of methoxy groups -OCH3 is 1. The number of aromatic amines is 1. The number of hydrogen-bond acceptors (Lipinski definition) is 5. The summed E-state index contributed by atoms with van der Waals surface area (Å²) in [6.07, 6.45) is 0. The van der Waals surface area contributed by atoms with Crippen molar-refractivity contribution in [3.05, 3.63) is 53.6 Å². The molecule has 0 aliphatic rings. The molecule has 1 heterocycles. The van der Waals surface area contributed by atoms with Gasteiger partial charge in [-0.25, -0.2) is 8.78 Å². The van der Waals surface area contributed by atoms with Crippen molar-refractivity contribution in [3.8, 4) is 17.1 Å². The van der Waals surface area contributed by atoms with Gasteiger partial charge >= 0.3 is 0 Å². The van der Waals surface area contributed by atoms with Gasteiger partial charge in [-0.15, -0.1) is 10.2 Å². The molecule has 2 aromatic carbocycles. The lowest BCUT2D eigenvalue weighted by atomic mass is 10.1. The quantitative estimate of drug-likeness (QED) is 0.779. The van der Waals surface area contributed by atoms with Gasteiger partial charge in [0.25, 0.3) is 0 Å². The first-order valence-corrected chi connectivity index (χ1v) is 7.15. The van der Waals surface area contributed by atoms with E-state index in [1.165, 1.54) is 25.3 Å². The Balaban J connectivity index is 1.91. The third kappa shape index (κ3) is 3.17. The molecule has 0 unspecified atom stereocenters. The molecule has 1 aromatic heterocycles. The molecule has 0 atom stereocenters. The summed E-state index contributed by atoms with van der Waals surface area (Å²) in [5, 5.41) is 13.5. The van der Waals surface area contributed by atoms with Crippen LogP contribution in [0.5, 0.6) is 5.75 Å². The molecule has 0 amide bonds. The Hall–Kier alpha value is -3.03. The Labute approximate surface area is 137 Å². The van der Waals surface area contributed by atoms with Crippen LogP contribution in [0.2, 0.25) is 0 Å². The van der Waals surface area contributed by atoms with Crippen molar-refractivity contribution in [2.75, 3.05) is 19.1 Å². The van der Waals surface area contributed by atoms with Gasteiger partial charge in [0, 0.05) is 19.2 Å². The summed E-state index contributed by atoms with van der Waals surface area (Å²) in [5.74, 6) is -0.137. The average molecular weight is 331 g/mol. The molecule has 0 saturated carbocycles. The second kappa shape index (κ2) is 6.61. The Kier molecular flexibility index (Phi) is 4.37. The third-order valence-corrected chi connectivity index (χ3v) is 3.53. The number of nitrogens with zero attached hydrogens (tertiary/aromatic N) is 4. The zero-order chi connectivity index (χ0) is 17.1. The van der Waals surface area contributed by atoms with Crippen LogP contribution in [0.3, 0.4) is 0 Å². The summed E-state index contributed by atoms with van der Waals surface area (Å²) < 4.78 is 33.2. The summed E-state index contributed by atoms with van der Waals surface area (Å²) in [6, 6.07) is 9.03. The van der Waals surface area contributed by atoms with Crippen LogP contribution in [-0.4, -0.2) is 34.8 Å². The molecule has 0 spiro atoms. The van der Waals surface area contributed by atoms with Crippen molar-refractivity contribution in [2.24, 2.45) is 0 Å². The van der Waals surface area contributed by atoms with E-state index in [1.54, 1.807) is 30.1 Å². The molecule has 1 N–H and O–H groups in total. The van der Waals surface area contributed by atoms with Crippen molar-refractivity contribution in [2.45, 2.75) is 6.54 Å². The summed E-state index contributed by atoms with van der Waals surface area (Å²) in [6.45, 7) is 0.278. The van der Waals surface area contributed by atoms with Crippen molar-refractivity contribution >= 4 is 5.69 Å². The van der Waals surface area contributed by atoms with Gasteiger partial charge in [-0.1, -0.05) is 6.07 Å². The molecule has 8 heteroatoms. The lowest BCUT2D eigenvalue weighted by Crippen LogP contribution is -2.18. The average Bonchev–Trinajstić information content (AvgIpc) is 3.08. The van der Waals surface area contributed by atoms with Gasteiger partial charge in [-0.2, -0.15) is 5.21 Å². The first-order chi connectivity index (χ1) is 11.6. The molecular weight excluding hydrogens is 316 g/mol. The molecule has 0 aliphatic heterocycles. The van der Waals surface area contributed by atoms with Gasteiger partial charge < -0.3 is 9.64 Å². The smallest absolute Gasteiger partial charge is 0.204 e. The van der Waals surface area contributed by atoms with Crippen LogP contribution < -0.4 is 9.64 Å². The number of anilines is 1. The van der Waals surface area contributed by atoms with Crippen molar-refractivity contribution in [1.82, 2.24) is 20.6 Å². The van der Waals surface area contributed by atoms with E-state index in [2.05, 4.69) is 20.6 Å². The standard InChI is InChI=1S/C16H15F2N5O/c1-23(15-13(18)4-3-5-14(15)24-2)9-10-6-11(8-12(17)7-10)16-19-21-22-20-16/h3-8H,9H2,1-2H3,(H,19,20,21,22). The molecule has 0 bridgehead atoms. The highest BCUT2D eigenvalue weighted by atomic mass is 19.1. The van der Waals surface area contributed by atoms with Crippen LogP contribution in [0, 0.1) is 11.6 Å². The minimum atomic E-state index is -0.429. The van der Waals surface area contributed by atoms with Crippen LogP contribution in [-0.2, 0) is 6.54 Å². The second-order valence-corrected chi connectivity index (χ2v) is 5.23. The number of H-pyrrole nitrogens is 1. The summed E-state index contributed by atoms with van der Waals surface area (Å²) >= 11 is 0. The predicted octanol–water partition coefficient (Wildman–Crippen LogP) is 2.79. The number of benzene rings is 2. The molecule has 24 heavy (non-hydrogen) atoms. The van der Waals surface area contributed by atoms with E-state index in [4.69, 9.17) is 4.74 Å². The minimum absolute atomic E-state index is 0.278. The first kappa shape index (κ1) is 15.9. The molecule has 3 rings (SSSR count). The molecule has 3 aromatic rings. The normalized spacial score (nSPS) is 10.7. The van der Waals surface area contributed by atoms with E-state index in [9.17, 15) is 8.78 Å². The summed E-state index contributed by atoms with van der Waals surface area (Å²) in [4.78, 5) is 1.66. The third-order valence-electron chi connectivity index (χ3n) is 3.53. The maximum Gasteiger partial charge on any atom is 0.204 e. The fourth-order valence-corrected chi connectivity index (χ4v) is 2.54. The molecule has 0 radical (unpaired) electrons. The van der Waals surface area contributed by atoms with Crippen LogP contribution in [0.25, 0.3) is 11.4 Å². The summed E-state index contributed by atoms with van der Waals surface area (Å²) in [5.41, 5.74) is 1.45. The van der Waals surface area contributed by atoms with Crippen molar-refractivity contribution < 1.29 is 13.5 Å². The number of hydrogen-bond donors (Lipinski definition) is 1. The van der Waals surface area contributed by atoms with Crippen LogP contribution >= 0.6 is 0 Å². The van der Waals surface area contributed by atoms with Crippen molar-refractivity contribution in [3.63, 3.8) is 0 Å². The molecule has 0 aliphatic carbocycles. The lowest BCUT2D eigenvalue weighted by Gasteiger charge is -2.22. The number of para-hydroxylation sites is 1. The van der Waals surface area contributed by atoms with E-state index in [0.717, 1.165) is 0 Å². The van der Waals surface area contributed by atoms with E-state index < -0.39 is 11.6 Å². The lowest BCUT2D eigenvalue weighted by molar-refractivity contribution is 0.411.